The van der Waals surface area contributed by atoms with Crippen LogP contribution in [0.4, 0.5) is 0 Å². The molecule has 0 atom stereocenters. The number of hydrogen-bond acceptors (Lipinski definition) is 3. The minimum Gasteiger partial charge on any atom is -0.457 e. The minimum atomic E-state index is -0.137. The second kappa shape index (κ2) is 3.45. The summed E-state index contributed by atoms with van der Waals surface area (Å²) in [5, 5.41) is 3.93. The van der Waals surface area contributed by atoms with Crippen LogP contribution in [-0.4, -0.2) is 14.3 Å². The summed E-state index contributed by atoms with van der Waals surface area (Å²) < 4.78 is 8.50. The fourth-order valence-corrected chi connectivity index (χ4v) is 1.52. The van der Waals surface area contributed by atoms with E-state index in [2.05, 4.69) is 21.0 Å². The van der Waals surface area contributed by atoms with Gasteiger partial charge in [-0.05, 0) is 22.0 Å². The molecule has 2 aromatic heterocycles. The molecule has 2 heterocycles. The lowest BCUT2D eigenvalue weighted by molar-refractivity contribution is 0.534. The number of hydrogen-bond donors (Lipinski definition) is 0. The highest BCUT2D eigenvalue weighted by Crippen LogP contribution is 2.14. The molecule has 0 saturated carbocycles. The van der Waals surface area contributed by atoms with Crippen LogP contribution >= 0.6 is 15.9 Å². The number of rotatable bonds is 2. The molecule has 0 aliphatic heterocycles. The summed E-state index contributed by atoms with van der Waals surface area (Å²) in [5.41, 5.74) is 0.764. The Hall–Kier alpha value is -1.30. The molecule has 0 saturated heterocycles. The smallest absolute Gasteiger partial charge is 0.345 e. The maximum atomic E-state index is 11.4. The summed E-state index contributed by atoms with van der Waals surface area (Å²) in [6, 6.07) is 1.81. The zero-order chi connectivity index (χ0) is 10.1. The summed E-state index contributed by atoms with van der Waals surface area (Å²) >= 11 is 3.19. The van der Waals surface area contributed by atoms with Crippen LogP contribution in [0.15, 0.2) is 32.5 Å². The molecule has 2 rings (SSSR count). The summed E-state index contributed by atoms with van der Waals surface area (Å²) in [6.07, 6.45) is 3.07. The van der Waals surface area contributed by atoms with Crippen LogP contribution in [-0.2, 0) is 13.6 Å². The number of nitrogens with zero attached hydrogens (tertiary/aromatic N) is 3. The number of halogens is 1. The molecule has 6 heteroatoms. The topological polar surface area (TPSA) is 53.0 Å². The van der Waals surface area contributed by atoms with Gasteiger partial charge in [0.1, 0.15) is 6.33 Å². The van der Waals surface area contributed by atoms with Crippen LogP contribution < -0.4 is 5.69 Å². The van der Waals surface area contributed by atoms with Crippen molar-refractivity contribution in [2.75, 3.05) is 0 Å². The molecule has 74 valence electrons. The lowest BCUT2D eigenvalue weighted by Gasteiger charge is -1.93. The second-order valence-electron chi connectivity index (χ2n) is 2.94. The molecule has 0 amide bonds. The van der Waals surface area contributed by atoms with Crippen molar-refractivity contribution in [3.8, 4) is 0 Å². The number of furan rings is 1. The van der Waals surface area contributed by atoms with Gasteiger partial charge in [-0.15, -0.1) is 0 Å². The lowest BCUT2D eigenvalue weighted by Crippen LogP contribution is -2.23. The van der Waals surface area contributed by atoms with E-state index < -0.39 is 0 Å². The van der Waals surface area contributed by atoms with Crippen molar-refractivity contribution < 1.29 is 4.42 Å². The molecule has 2 aromatic rings. The fraction of sp³-hybridized carbons (Fsp3) is 0.250. The first-order valence-electron chi connectivity index (χ1n) is 3.98. The van der Waals surface area contributed by atoms with E-state index in [0.717, 1.165) is 5.56 Å². The van der Waals surface area contributed by atoms with Gasteiger partial charge in [0.25, 0.3) is 0 Å². The normalized spacial score (nSPS) is 10.7. The van der Waals surface area contributed by atoms with Crippen molar-refractivity contribution in [1.82, 2.24) is 14.3 Å². The van der Waals surface area contributed by atoms with Gasteiger partial charge < -0.3 is 4.42 Å². The molecule has 0 aromatic carbocycles. The zero-order valence-corrected chi connectivity index (χ0v) is 9.06. The first kappa shape index (κ1) is 9.26. The highest BCUT2D eigenvalue weighted by molar-refractivity contribution is 9.10. The molecule has 0 unspecified atom stereocenters. The van der Waals surface area contributed by atoms with E-state index in [-0.39, 0.29) is 5.69 Å². The number of aromatic nitrogens is 3. The highest BCUT2D eigenvalue weighted by atomic mass is 79.9. The molecule has 5 nitrogen and oxygen atoms in total. The Balaban J connectivity index is 2.27. The van der Waals surface area contributed by atoms with Gasteiger partial charge in [0.05, 0.1) is 12.8 Å². The largest absolute Gasteiger partial charge is 0.457 e. The van der Waals surface area contributed by atoms with E-state index in [1.165, 1.54) is 15.6 Å². The highest BCUT2D eigenvalue weighted by Gasteiger charge is 2.04. The Bertz CT molecular complexity index is 497. The van der Waals surface area contributed by atoms with Crippen LogP contribution in [0, 0.1) is 0 Å². The lowest BCUT2D eigenvalue weighted by atomic mass is 10.3. The van der Waals surface area contributed by atoms with Gasteiger partial charge in [-0.3, -0.25) is 4.57 Å². The van der Waals surface area contributed by atoms with E-state index in [4.69, 9.17) is 4.42 Å². The van der Waals surface area contributed by atoms with Gasteiger partial charge in [0.2, 0.25) is 0 Å². The number of aryl methyl sites for hydroxylation is 1. The molecule has 0 aliphatic rings. The van der Waals surface area contributed by atoms with Crippen LogP contribution in [0.3, 0.4) is 0 Å². The molecule has 0 radical (unpaired) electrons. The Morgan fingerprint density at radius 1 is 1.64 bits per heavy atom. The minimum absolute atomic E-state index is 0.137. The van der Waals surface area contributed by atoms with Gasteiger partial charge in [0, 0.05) is 12.6 Å². The third kappa shape index (κ3) is 1.65. The van der Waals surface area contributed by atoms with Gasteiger partial charge in [-0.1, -0.05) is 0 Å². The monoisotopic (exact) mass is 257 g/mol. The average molecular weight is 258 g/mol. The van der Waals surface area contributed by atoms with Gasteiger partial charge in [-0.25, -0.2) is 9.48 Å². The van der Waals surface area contributed by atoms with Gasteiger partial charge in [0.15, 0.2) is 4.67 Å². The van der Waals surface area contributed by atoms with Crippen molar-refractivity contribution in [3.05, 3.63) is 39.4 Å². The molecular weight excluding hydrogens is 250 g/mol. The predicted octanol–water partition coefficient (Wildman–Crippen LogP) is 0.986. The van der Waals surface area contributed by atoms with Crippen LogP contribution in [0.5, 0.6) is 0 Å². The van der Waals surface area contributed by atoms with E-state index in [0.29, 0.717) is 11.2 Å². The second-order valence-corrected chi connectivity index (χ2v) is 3.72. The Kier molecular flexibility index (Phi) is 2.28. The summed E-state index contributed by atoms with van der Waals surface area (Å²) in [7, 11) is 1.66. The Labute approximate surface area is 88.1 Å². The molecule has 0 aliphatic carbocycles. The molecule has 0 N–H and O–H groups in total. The predicted molar refractivity (Wildman–Crippen MR) is 53.0 cm³/mol. The van der Waals surface area contributed by atoms with E-state index in [1.54, 1.807) is 19.4 Å². The quantitative estimate of drug-likeness (QED) is 0.807. The van der Waals surface area contributed by atoms with Crippen LogP contribution in [0.25, 0.3) is 0 Å². The maximum absolute atomic E-state index is 11.4. The van der Waals surface area contributed by atoms with Crippen molar-refractivity contribution in [2.45, 2.75) is 6.54 Å². The average Bonchev–Trinajstić information content (AvgIpc) is 2.67. The Morgan fingerprint density at radius 2 is 2.43 bits per heavy atom. The molecular formula is C8H8BrN3O2. The first-order chi connectivity index (χ1) is 6.66. The van der Waals surface area contributed by atoms with E-state index >= 15 is 0 Å². The molecule has 0 spiro atoms. The van der Waals surface area contributed by atoms with Crippen LogP contribution in [0.2, 0.25) is 0 Å². The summed E-state index contributed by atoms with van der Waals surface area (Å²) in [5.74, 6) is 0. The summed E-state index contributed by atoms with van der Waals surface area (Å²) in [4.78, 5) is 11.4. The maximum Gasteiger partial charge on any atom is 0.345 e. The van der Waals surface area contributed by atoms with E-state index in [1.807, 2.05) is 0 Å². The Morgan fingerprint density at radius 3 is 2.93 bits per heavy atom. The van der Waals surface area contributed by atoms with Crippen molar-refractivity contribution in [2.24, 2.45) is 7.05 Å². The standard InChI is InChI=1S/C8H8BrN3O2/c1-11-5-10-12(8(11)13)3-6-2-7(9)14-4-6/h2,4-5H,3H2,1H3. The third-order valence-electron chi connectivity index (χ3n) is 1.84. The van der Waals surface area contributed by atoms with Crippen molar-refractivity contribution in [1.29, 1.82) is 0 Å². The van der Waals surface area contributed by atoms with Crippen molar-refractivity contribution in [3.63, 3.8) is 0 Å². The SMILES string of the molecule is Cn1cnn(Cc2coc(Br)c2)c1=O. The third-order valence-corrected chi connectivity index (χ3v) is 2.26. The van der Waals surface area contributed by atoms with Crippen LogP contribution in [0.1, 0.15) is 5.56 Å². The van der Waals surface area contributed by atoms with Crippen molar-refractivity contribution >= 4 is 15.9 Å². The summed E-state index contributed by atoms with van der Waals surface area (Å²) in [6.45, 7) is 0.425. The van der Waals surface area contributed by atoms with Gasteiger partial charge in [-0.2, -0.15) is 5.10 Å². The fourth-order valence-electron chi connectivity index (χ4n) is 1.13. The van der Waals surface area contributed by atoms with Gasteiger partial charge >= 0.3 is 5.69 Å². The first-order valence-corrected chi connectivity index (χ1v) is 4.77. The molecule has 0 bridgehead atoms. The van der Waals surface area contributed by atoms with E-state index in [9.17, 15) is 4.79 Å². The zero-order valence-electron chi connectivity index (χ0n) is 7.48. The molecule has 0 fully saturated rings. The molecule has 14 heavy (non-hydrogen) atoms.